The molecule has 1 aromatic heterocycles. The van der Waals surface area contributed by atoms with Crippen LogP contribution in [0.25, 0.3) is 11.0 Å². The van der Waals surface area contributed by atoms with Crippen LogP contribution in [0.1, 0.15) is 17.4 Å². The molecule has 14 heavy (non-hydrogen) atoms. The summed E-state index contributed by atoms with van der Waals surface area (Å²) in [6.07, 6.45) is -0.707. The second-order valence-corrected chi connectivity index (χ2v) is 3.39. The van der Waals surface area contributed by atoms with Crippen molar-refractivity contribution in [2.75, 3.05) is 6.54 Å². The maximum atomic E-state index is 9.50. The highest BCUT2D eigenvalue weighted by molar-refractivity contribution is 5.81. The van der Waals surface area contributed by atoms with E-state index in [1.807, 2.05) is 31.2 Å². The summed E-state index contributed by atoms with van der Waals surface area (Å²) in [6, 6.07) is 7.67. The van der Waals surface area contributed by atoms with Crippen LogP contribution in [0.2, 0.25) is 0 Å². The molecule has 1 heterocycles. The second-order valence-electron chi connectivity index (χ2n) is 3.39. The summed E-state index contributed by atoms with van der Waals surface area (Å²) in [7, 11) is 0. The summed E-state index contributed by atoms with van der Waals surface area (Å²) in [4.78, 5) is 0. The van der Waals surface area contributed by atoms with Gasteiger partial charge in [-0.15, -0.1) is 0 Å². The Bertz CT molecular complexity index is 447. The SMILES string of the molecule is Cc1cccc2oc(C(O)CN)cc12. The van der Waals surface area contributed by atoms with Gasteiger partial charge in [0.15, 0.2) is 0 Å². The van der Waals surface area contributed by atoms with E-state index in [0.717, 1.165) is 16.5 Å². The molecule has 74 valence electrons. The van der Waals surface area contributed by atoms with Crippen LogP contribution in [-0.2, 0) is 0 Å². The van der Waals surface area contributed by atoms with Gasteiger partial charge in [0.2, 0.25) is 0 Å². The lowest BCUT2D eigenvalue weighted by molar-refractivity contribution is 0.160. The number of aliphatic hydroxyl groups is 1. The number of benzene rings is 1. The van der Waals surface area contributed by atoms with Crippen LogP contribution in [0.5, 0.6) is 0 Å². The van der Waals surface area contributed by atoms with Crippen molar-refractivity contribution in [3.05, 3.63) is 35.6 Å². The third kappa shape index (κ3) is 1.41. The highest BCUT2D eigenvalue weighted by Gasteiger charge is 2.11. The molecule has 2 rings (SSSR count). The summed E-state index contributed by atoms with van der Waals surface area (Å²) in [5, 5.41) is 10.5. The molecule has 1 atom stereocenters. The van der Waals surface area contributed by atoms with E-state index in [-0.39, 0.29) is 6.54 Å². The Kier molecular flexibility index (Phi) is 2.27. The van der Waals surface area contributed by atoms with Crippen molar-refractivity contribution in [3.63, 3.8) is 0 Å². The minimum Gasteiger partial charge on any atom is -0.458 e. The van der Waals surface area contributed by atoms with Gasteiger partial charge in [-0.3, -0.25) is 0 Å². The lowest BCUT2D eigenvalue weighted by atomic mass is 10.1. The Hall–Kier alpha value is -1.32. The Morgan fingerprint density at radius 3 is 2.93 bits per heavy atom. The molecule has 0 fully saturated rings. The smallest absolute Gasteiger partial charge is 0.135 e. The third-order valence-corrected chi connectivity index (χ3v) is 2.35. The third-order valence-electron chi connectivity index (χ3n) is 2.35. The molecule has 3 nitrogen and oxygen atoms in total. The van der Waals surface area contributed by atoms with E-state index >= 15 is 0 Å². The number of rotatable bonds is 2. The Morgan fingerprint density at radius 2 is 2.29 bits per heavy atom. The van der Waals surface area contributed by atoms with Gasteiger partial charge in [0.1, 0.15) is 17.4 Å². The molecule has 0 amide bonds. The number of furan rings is 1. The molecular formula is C11H13NO2. The molecule has 0 saturated heterocycles. The predicted molar refractivity (Wildman–Crippen MR) is 55.0 cm³/mol. The van der Waals surface area contributed by atoms with E-state index < -0.39 is 6.10 Å². The quantitative estimate of drug-likeness (QED) is 0.760. The largest absolute Gasteiger partial charge is 0.458 e. The van der Waals surface area contributed by atoms with Gasteiger partial charge in [0.25, 0.3) is 0 Å². The number of hydrogen-bond acceptors (Lipinski definition) is 3. The summed E-state index contributed by atoms with van der Waals surface area (Å²) < 4.78 is 5.47. The minimum absolute atomic E-state index is 0.179. The first-order valence-electron chi connectivity index (χ1n) is 4.59. The van der Waals surface area contributed by atoms with Gasteiger partial charge in [-0.05, 0) is 24.6 Å². The van der Waals surface area contributed by atoms with Crippen LogP contribution >= 0.6 is 0 Å². The van der Waals surface area contributed by atoms with Crippen molar-refractivity contribution >= 4 is 11.0 Å². The fourth-order valence-corrected chi connectivity index (χ4v) is 1.51. The summed E-state index contributed by atoms with van der Waals surface area (Å²) in [5.41, 5.74) is 7.29. The maximum Gasteiger partial charge on any atom is 0.135 e. The van der Waals surface area contributed by atoms with Crippen LogP contribution in [0, 0.1) is 6.92 Å². The molecule has 0 aliphatic heterocycles. The van der Waals surface area contributed by atoms with Crippen molar-refractivity contribution in [2.24, 2.45) is 5.73 Å². The molecule has 0 aliphatic rings. The molecule has 2 aromatic rings. The Labute approximate surface area is 82.1 Å². The van der Waals surface area contributed by atoms with Gasteiger partial charge < -0.3 is 15.3 Å². The average Bonchev–Trinajstić information content (AvgIpc) is 2.62. The molecule has 3 N–H and O–H groups in total. The molecule has 0 saturated carbocycles. The fourth-order valence-electron chi connectivity index (χ4n) is 1.51. The molecule has 3 heteroatoms. The van der Waals surface area contributed by atoms with Crippen LogP contribution < -0.4 is 5.73 Å². The van der Waals surface area contributed by atoms with E-state index in [4.69, 9.17) is 10.2 Å². The topological polar surface area (TPSA) is 59.4 Å². The molecule has 0 aliphatic carbocycles. The number of hydrogen-bond donors (Lipinski definition) is 2. The summed E-state index contributed by atoms with van der Waals surface area (Å²) in [6.45, 7) is 2.19. The second kappa shape index (κ2) is 3.44. The average molecular weight is 191 g/mol. The lowest BCUT2D eigenvalue weighted by Crippen LogP contribution is -2.10. The molecule has 0 spiro atoms. The van der Waals surface area contributed by atoms with E-state index in [9.17, 15) is 5.11 Å². The van der Waals surface area contributed by atoms with E-state index in [1.54, 1.807) is 0 Å². The highest BCUT2D eigenvalue weighted by atomic mass is 16.4. The van der Waals surface area contributed by atoms with Crippen LogP contribution in [0.3, 0.4) is 0 Å². The fraction of sp³-hybridized carbons (Fsp3) is 0.273. The van der Waals surface area contributed by atoms with Gasteiger partial charge in [0, 0.05) is 11.9 Å². The summed E-state index contributed by atoms with van der Waals surface area (Å²) >= 11 is 0. The van der Waals surface area contributed by atoms with Crippen molar-refractivity contribution in [2.45, 2.75) is 13.0 Å². The van der Waals surface area contributed by atoms with Crippen LogP contribution in [0.15, 0.2) is 28.7 Å². The van der Waals surface area contributed by atoms with E-state index in [1.165, 1.54) is 0 Å². The lowest BCUT2D eigenvalue weighted by Gasteiger charge is -2.00. The van der Waals surface area contributed by atoms with Crippen molar-refractivity contribution < 1.29 is 9.52 Å². The van der Waals surface area contributed by atoms with E-state index in [0.29, 0.717) is 5.76 Å². The van der Waals surface area contributed by atoms with Crippen LogP contribution in [-0.4, -0.2) is 11.7 Å². The zero-order valence-corrected chi connectivity index (χ0v) is 8.03. The zero-order chi connectivity index (χ0) is 10.1. The minimum atomic E-state index is -0.707. The molecule has 0 bridgehead atoms. The molecular weight excluding hydrogens is 178 g/mol. The number of aliphatic hydroxyl groups excluding tert-OH is 1. The standard InChI is InChI=1S/C11H13NO2/c1-7-3-2-4-10-8(7)5-11(14-10)9(13)6-12/h2-5,9,13H,6,12H2,1H3. The van der Waals surface area contributed by atoms with Crippen molar-refractivity contribution in [1.82, 2.24) is 0 Å². The monoisotopic (exact) mass is 191 g/mol. The maximum absolute atomic E-state index is 9.50. The summed E-state index contributed by atoms with van der Waals surface area (Å²) in [5.74, 6) is 0.539. The van der Waals surface area contributed by atoms with Crippen LogP contribution in [0.4, 0.5) is 0 Å². The Morgan fingerprint density at radius 1 is 1.50 bits per heavy atom. The highest BCUT2D eigenvalue weighted by Crippen LogP contribution is 2.25. The van der Waals surface area contributed by atoms with Gasteiger partial charge in [-0.2, -0.15) is 0 Å². The first-order valence-corrected chi connectivity index (χ1v) is 4.59. The molecule has 0 radical (unpaired) electrons. The molecule has 1 unspecified atom stereocenters. The Balaban J connectivity index is 2.56. The number of aryl methyl sites for hydroxylation is 1. The first-order chi connectivity index (χ1) is 6.72. The first kappa shape index (κ1) is 9.24. The predicted octanol–water partition coefficient (Wildman–Crippen LogP) is 1.73. The van der Waals surface area contributed by atoms with E-state index in [2.05, 4.69) is 0 Å². The molecule has 1 aromatic carbocycles. The zero-order valence-electron chi connectivity index (χ0n) is 8.03. The van der Waals surface area contributed by atoms with Gasteiger partial charge in [-0.25, -0.2) is 0 Å². The number of fused-ring (bicyclic) bond motifs is 1. The van der Waals surface area contributed by atoms with Gasteiger partial charge >= 0.3 is 0 Å². The van der Waals surface area contributed by atoms with Gasteiger partial charge in [0.05, 0.1) is 0 Å². The normalized spacial score (nSPS) is 13.4. The van der Waals surface area contributed by atoms with Crippen molar-refractivity contribution in [3.8, 4) is 0 Å². The van der Waals surface area contributed by atoms with Crippen molar-refractivity contribution in [1.29, 1.82) is 0 Å². The number of nitrogens with two attached hydrogens (primary N) is 1. The van der Waals surface area contributed by atoms with Gasteiger partial charge in [-0.1, -0.05) is 12.1 Å².